The summed E-state index contributed by atoms with van der Waals surface area (Å²) in [5.74, 6) is -1.70. The van der Waals surface area contributed by atoms with E-state index in [1.165, 1.54) is 12.1 Å². The van der Waals surface area contributed by atoms with Crippen LogP contribution in [0.15, 0.2) is 66.7 Å². The molecular weight excluding hydrogens is 532 g/mol. The lowest BCUT2D eigenvalue weighted by molar-refractivity contribution is -0.139. The van der Waals surface area contributed by atoms with E-state index in [9.17, 15) is 19.1 Å². The Labute approximate surface area is 230 Å². The number of carbonyl (C=O) groups is 2. The zero-order chi connectivity index (χ0) is 25.2. The number of hydrogen-bond acceptors (Lipinski definition) is 6. The first-order valence-electron chi connectivity index (χ1n) is 11.5. The van der Waals surface area contributed by atoms with Gasteiger partial charge in [0.15, 0.2) is 0 Å². The van der Waals surface area contributed by atoms with Gasteiger partial charge in [-0.2, -0.15) is 0 Å². The molecule has 1 atom stereocenters. The van der Waals surface area contributed by atoms with Crippen LogP contribution in [0.1, 0.15) is 38.8 Å². The van der Waals surface area contributed by atoms with Crippen molar-refractivity contribution in [3.8, 4) is 0 Å². The standard InChI is InChI=1S/C27H24FN5O3.2ClH/c28-20-8-5-16(6-9-20)11-12-30-23(26(35)36)17-7-10-22-21(13-17)24(32-27(29)31-22)25(34)33-14-18-3-1-2-4-19(18)15-33;;/h1-10,13,23,30H,11-12,14-15H2,(H,35,36)(H2,29,31,32);2*1H. The summed E-state index contributed by atoms with van der Waals surface area (Å²) in [6, 6.07) is 17.8. The summed E-state index contributed by atoms with van der Waals surface area (Å²) >= 11 is 0. The van der Waals surface area contributed by atoms with Crippen molar-refractivity contribution in [1.29, 1.82) is 0 Å². The fraction of sp³-hybridized carbons (Fsp3) is 0.185. The van der Waals surface area contributed by atoms with E-state index < -0.39 is 12.0 Å². The van der Waals surface area contributed by atoms with Gasteiger partial charge < -0.3 is 21.1 Å². The Bertz CT molecular complexity index is 1440. The highest BCUT2D eigenvalue weighted by molar-refractivity contribution is 6.05. The summed E-state index contributed by atoms with van der Waals surface area (Å²) in [7, 11) is 0. The molecule has 4 N–H and O–H groups in total. The Morgan fingerprint density at radius 2 is 1.66 bits per heavy atom. The number of hydrogen-bond donors (Lipinski definition) is 3. The number of aliphatic carboxylic acids is 1. The Hall–Kier alpha value is -3.79. The summed E-state index contributed by atoms with van der Waals surface area (Å²) in [5.41, 5.74) is 10.00. The number of carboxylic acid groups (broad SMARTS) is 1. The fourth-order valence-electron chi connectivity index (χ4n) is 4.49. The first-order chi connectivity index (χ1) is 17.4. The number of halogens is 3. The van der Waals surface area contributed by atoms with Crippen molar-refractivity contribution in [3.05, 3.63) is 100 Å². The average Bonchev–Trinajstić information content (AvgIpc) is 3.31. The zero-order valence-corrected chi connectivity index (χ0v) is 21.8. The van der Waals surface area contributed by atoms with Gasteiger partial charge in [0, 0.05) is 25.0 Å². The van der Waals surface area contributed by atoms with Crippen LogP contribution in [0, 0.1) is 5.82 Å². The topological polar surface area (TPSA) is 121 Å². The number of nitrogens with two attached hydrogens (primary N) is 1. The molecule has 5 rings (SSSR count). The highest BCUT2D eigenvalue weighted by Gasteiger charge is 2.28. The number of carboxylic acids is 1. The van der Waals surface area contributed by atoms with Crippen LogP contribution < -0.4 is 11.1 Å². The van der Waals surface area contributed by atoms with E-state index in [0.29, 0.717) is 42.5 Å². The molecular formula is C27H26Cl2FN5O3. The molecule has 1 aromatic heterocycles. The largest absolute Gasteiger partial charge is 0.480 e. The molecule has 1 aliphatic rings. The lowest BCUT2D eigenvalue weighted by atomic mass is 10.0. The van der Waals surface area contributed by atoms with Crippen LogP contribution in [0.4, 0.5) is 10.3 Å². The molecule has 0 bridgehead atoms. The minimum Gasteiger partial charge on any atom is -0.480 e. The monoisotopic (exact) mass is 557 g/mol. The molecule has 0 aliphatic carbocycles. The fourth-order valence-corrected chi connectivity index (χ4v) is 4.49. The van der Waals surface area contributed by atoms with Crippen LogP contribution in [0.5, 0.6) is 0 Å². The van der Waals surface area contributed by atoms with E-state index in [2.05, 4.69) is 15.3 Å². The minimum absolute atomic E-state index is 0. The van der Waals surface area contributed by atoms with Crippen LogP contribution in [0.25, 0.3) is 10.9 Å². The molecule has 4 aromatic rings. The molecule has 3 aromatic carbocycles. The normalized spacial score (nSPS) is 12.8. The molecule has 0 fully saturated rings. The van der Waals surface area contributed by atoms with Gasteiger partial charge in [0.25, 0.3) is 5.91 Å². The molecule has 0 radical (unpaired) electrons. The zero-order valence-electron chi connectivity index (χ0n) is 20.1. The number of nitrogens with zero attached hydrogens (tertiary/aromatic N) is 3. The van der Waals surface area contributed by atoms with Gasteiger partial charge in [0.2, 0.25) is 5.95 Å². The summed E-state index contributed by atoms with van der Waals surface area (Å²) in [4.78, 5) is 35.7. The lowest BCUT2D eigenvalue weighted by Crippen LogP contribution is -2.30. The van der Waals surface area contributed by atoms with Crippen LogP contribution in [0.2, 0.25) is 0 Å². The van der Waals surface area contributed by atoms with Crippen LogP contribution in [0.3, 0.4) is 0 Å². The van der Waals surface area contributed by atoms with Crippen LogP contribution in [-0.2, 0) is 24.3 Å². The molecule has 38 heavy (non-hydrogen) atoms. The average molecular weight is 558 g/mol. The number of amides is 1. The second kappa shape index (κ2) is 12.2. The number of fused-ring (bicyclic) bond motifs is 2. The number of nitrogen functional groups attached to an aromatic ring is 1. The predicted molar refractivity (Wildman–Crippen MR) is 147 cm³/mol. The maximum absolute atomic E-state index is 13.5. The van der Waals surface area contributed by atoms with Gasteiger partial charge in [-0.15, -0.1) is 24.8 Å². The van der Waals surface area contributed by atoms with E-state index in [4.69, 9.17) is 5.73 Å². The SMILES string of the molecule is Cl.Cl.Nc1nc(C(=O)N2Cc3ccccc3C2)c2cc(C(NCCc3ccc(F)cc3)C(=O)O)ccc2n1. The van der Waals surface area contributed by atoms with Gasteiger partial charge in [-0.3, -0.25) is 9.59 Å². The number of carbonyl (C=O) groups excluding carboxylic acids is 1. The molecule has 0 saturated heterocycles. The molecule has 1 amide bonds. The summed E-state index contributed by atoms with van der Waals surface area (Å²) in [5, 5.41) is 13.4. The van der Waals surface area contributed by atoms with Crippen molar-refractivity contribution in [2.75, 3.05) is 12.3 Å². The Balaban J connectivity index is 0.00000200. The number of nitrogens with one attached hydrogen (secondary N) is 1. The smallest absolute Gasteiger partial charge is 0.325 e. The minimum atomic E-state index is -1.06. The second-order valence-electron chi connectivity index (χ2n) is 8.74. The third-order valence-electron chi connectivity index (χ3n) is 6.32. The molecule has 1 unspecified atom stereocenters. The Kier molecular flexibility index (Phi) is 9.22. The third-order valence-corrected chi connectivity index (χ3v) is 6.32. The Morgan fingerprint density at radius 1 is 1.00 bits per heavy atom. The van der Waals surface area contributed by atoms with Gasteiger partial charge in [-0.05, 0) is 52.9 Å². The van der Waals surface area contributed by atoms with Gasteiger partial charge in [-0.25, -0.2) is 14.4 Å². The van der Waals surface area contributed by atoms with E-state index in [1.54, 1.807) is 35.2 Å². The predicted octanol–water partition coefficient (Wildman–Crippen LogP) is 4.31. The number of anilines is 1. The van der Waals surface area contributed by atoms with Crippen molar-refractivity contribution >= 4 is 53.5 Å². The third kappa shape index (κ3) is 6.02. The highest BCUT2D eigenvalue weighted by Crippen LogP contribution is 2.28. The first kappa shape index (κ1) is 28.8. The number of benzene rings is 3. The summed E-state index contributed by atoms with van der Waals surface area (Å²) in [6.07, 6.45) is 0.524. The highest BCUT2D eigenvalue weighted by atomic mass is 35.5. The van der Waals surface area contributed by atoms with Gasteiger partial charge >= 0.3 is 5.97 Å². The molecule has 198 valence electrons. The molecule has 11 heteroatoms. The van der Waals surface area contributed by atoms with E-state index >= 15 is 0 Å². The van der Waals surface area contributed by atoms with E-state index in [-0.39, 0.29) is 48.2 Å². The van der Waals surface area contributed by atoms with Crippen molar-refractivity contribution in [3.63, 3.8) is 0 Å². The van der Waals surface area contributed by atoms with Gasteiger partial charge in [0.05, 0.1) is 5.52 Å². The summed E-state index contributed by atoms with van der Waals surface area (Å²) in [6.45, 7) is 1.28. The van der Waals surface area contributed by atoms with Gasteiger partial charge in [0.1, 0.15) is 17.6 Å². The molecule has 8 nitrogen and oxygen atoms in total. The van der Waals surface area contributed by atoms with E-state index in [0.717, 1.165) is 16.7 Å². The first-order valence-corrected chi connectivity index (χ1v) is 11.5. The number of rotatable bonds is 7. The van der Waals surface area contributed by atoms with Crippen molar-refractivity contribution < 1.29 is 19.1 Å². The molecule has 2 heterocycles. The van der Waals surface area contributed by atoms with Crippen molar-refractivity contribution in [1.82, 2.24) is 20.2 Å². The molecule has 0 spiro atoms. The van der Waals surface area contributed by atoms with Crippen LogP contribution in [-0.4, -0.2) is 38.4 Å². The Morgan fingerprint density at radius 3 is 2.29 bits per heavy atom. The maximum Gasteiger partial charge on any atom is 0.325 e. The lowest BCUT2D eigenvalue weighted by Gasteiger charge is -2.18. The van der Waals surface area contributed by atoms with Crippen LogP contribution >= 0.6 is 24.8 Å². The second-order valence-corrected chi connectivity index (χ2v) is 8.74. The summed E-state index contributed by atoms with van der Waals surface area (Å²) < 4.78 is 13.1. The van der Waals surface area contributed by atoms with E-state index in [1.807, 2.05) is 24.3 Å². The molecule has 0 saturated carbocycles. The van der Waals surface area contributed by atoms with Gasteiger partial charge in [-0.1, -0.05) is 42.5 Å². The quantitative estimate of drug-likeness (QED) is 0.309. The van der Waals surface area contributed by atoms with Crippen molar-refractivity contribution in [2.24, 2.45) is 0 Å². The van der Waals surface area contributed by atoms with Crippen molar-refractivity contribution in [2.45, 2.75) is 25.6 Å². The number of aromatic nitrogens is 2. The maximum atomic E-state index is 13.5. The molecule has 1 aliphatic heterocycles.